The van der Waals surface area contributed by atoms with Crippen molar-refractivity contribution in [3.8, 4) is 5.88 Å². The van der Waals surface area contributed by atoms with Crippen molar-refractivity contribution in [1.29, 1.82) is 0 Å². The lowest BCUT2D eigenvalue weighted by molar-refractivity contribution is -0.140. The van der Waals surface area contributed by atoms with Crippen molar-refractivity contribution in [3.63, 3.8) is 0 Å². The number of nitrogens with zero attached hydrogens (tertiary/aromatic N) is 2. The summed E-state index contributed by atoms with van der Waals surface area (Å²) in [6.45, 7) is 8.37. The van der Waals surface area contributed by atoms with E-state index in [0.29, 0.717) is 25.1 Å². The maximum atomic E-state index is 14.2. The Bertz CT molecular complexity index is 1650. The van der Waals surface area contributed by atoms with E-state index in [-0.39, 0.29) is 37.2 Å². The maximum Gasteiger partial charge on any atom is 0.408 e. The number of rotatable bonds is 16. The molecule has 274 valence electrons. The molecule has 2 heterocycles. The lowest BCUT2D eigenvalue weighted by Crippen LogP contribution is -2.54. The number of allylic oxidation sites excluding steroid dienone is 1. The summed E-state index contributed by atoms with van der Waals surface area (Å²) in [5, 5.41) is 6.88. The number of alkyl carbamates (subject to hydrolysis) is 1. The van der Waals surface area contributed by atoms with Crippen LogP contribution in [0.2, 0.25) is 0 Å². The van der Waals surface area contributed by atoms with E-state index in [0.717, 1.165) is 36.5 Å². The lowest BCUT2D eigenvalue weighted by Gasteiger charge is -2.29. The van der Waals surface area contributed by atoms with Gasteiger partial charge in [-0.2, -0.15) is 0 Å². The monoisotopic (exact) mass is 713 g/mol. The fourth-order valence-electron chi connectivity index (χ4n) is 5.56. The Balaban J connectivity index is 1.39. The first-order valence-corrected chi connectivity index (χ1v) is 19.0. The minimum Gasteiger partial charge on any atom is -0.472 e. The minimum atomic E-state index is -3.66. The van der Waals surface area contributed by atoms with E-state index in [1.165, 1.54) is 18.7 Å². The molecule has 0 unspecified atom stereocenters. The van der Waals surface area contributed by atoms with Crippen LogP contribution in [0, 0.1) is 0 Å². The van der Waals surface area contributed by atoms with Gasteiger partial charge in [0.15, 0.2) is 0 Å². The van der Waals surface area contributed by atoms with Crippen molar-refractivity contribution in [2.75, 3.05) is 6.54 Å². The molecule has 2 fully saturated rings. The van der Waals surface area contributed by atoms with Gasteiger partial charge in [0.25, 0.3) is 0 Å². The Labute approximate surface area is 295 Å². The van der Waals surface area contributed by atoms with E-state index in [1.54, 1.807) is 33.0 Å². The highest BCUT2D eigenvalue weighted by molar-refractivity contribution is 7.90. The Hall–Kier alpha value is -4.20. The molecule has 1 saturated carbocycles. The molecule has 1 aliphatic heterocycles. The molecule has 2 aromatic rings. The zero-order valence-electron chi connectivity index (χ0n) is 29.6. The van der Waals surface area contributed by atoms with Gasteiger partial charge in [-0.1, -0.05) is 43.2 Å². The predicted octanol–water partition coefficient (Wildman–Crippen LogP) is 4.51. The third kappa shape index (κ3) is 11.7. The van der Waals surface area contributed by atoms with Crippen LogP contribution < -0.4 is 20.1 Å². The van der Waals surface area contributed by atoms with Gasteiger partial charge in [-0.25, -0.2) is 18.2 Å². The molecule has 4 amide bonds. The van der Waals surface area contributed by atoms with Crippen molar-refractivity contribution in [1.82, 2.24) is 25.2 Å². The zero-order chi connectivity index (χ0) is 36.5. The number of ether oxygens (including phenoxy) is 2. The topological polar surface area (TPSA) is 173 Å². The molecule has 0 spiro atoms. The van der Waals surface area contributed by atoms with Crippen LogP contribution in [0.4, 0.5) is 4.79 Å². The van der Waals surface area contributed by atoms with Crippen molar-refractivity contribution in [2.24, 2.45) is 0 Å². The number of pyridine rings is 1. The van der Waals surface area contributed by atoms with Gasteiger partial charge in [0.2, 0.25) is 33.6 Å². The van der Waals surface area contributed by atoms with Crippen LogP contribution in [0.15, 0.2) is 48.7 Å². The normalized spacial score (nSPS) is 18.6. The molecule has 14 heteroatoms. The van der Waals surface area contributed by atoms with Crippen LogP contribution in [0.1, 0.15) is 92.4 Å². The Morgan fingerprint density at radius 1 is 1.04 bits per heavy atom. The van der Waals surface area contributed by atoms with E-state index in [2.05, 4.69) is 20.3 Å². The molecule has 13 nitrogen and oxygen atoms in total. The molecule has 1 saturated heterocycles. The fraction of sp³-hybridized carbons (Fsp3) is 0.583. The van der Waals surface area contributed by atoms with Gasteiger partial charge in [0.1, 0.15) is 23.8 Å². The number of fused-ring (bicyclic) bond motifs is 1. The van der Waals surface area contributed by atoms with Gasteiger partial charge in [-0.15, -0.1) is 0 Å². The van der Waals surface area contributed by atoms with Crippen LogP contribution in [-0.2, 0) is 29.1 Å². The van der Waals surface area contributed by atoms with Crippen LogP contribution in [0.5, 0.6) is 5.88 Å². The number of sulfonamides is 1. The van der Waals surface area contributed by atoms with Crippen LogP contribution in [0.25, 0.3) is 10.8 Å². The van der Waals surface area contributed by atoms with E-state index < -0.39 is 51.1 Å². The molecule has 1 aliphatic carbocycles. The first kappa shape index (κ1) is 38.6. The number of aromatic nitrogens is 1. The molecular weight excluding hydrogens is 662 g/mol. The zero-order valence-corrected chi connectivity index (χ0v) is 30.5. The first-order chi connectivity index (χ1) is 23.6. The van der Waals surface area contributed by atoms with Gasteiger partial charge >= 0.3 is 6.09 Å². The molecule has 2 aliphatic rings. The van der Waals surface area contributed by atoms with Gasteiger partial charge in [-0.05, 0) is 84.2 Å². The predicted molar refractivity (Wildman–Crippen MR) is 190 cm³/mol. The summed E-state index contributed by atoms with van der Waals surface area (Å²) in [6, 6.07) is 8.00. The average Bonchev–Trinajstić information content (AvgIpc) is 3.75. The molecular formula is C36H51N5O8S. The van der Waals surface area contributed by atoms with E-state index in [4.69, 9.17) is 9.47 Å². The SMILES string of the molecule is CC(C)S(=O)(=O)NC(=O)C/C=C\CCCCC[C@H](NC(=O)OC(C)(C)C)C(=O)N1C[C@H](Oc2nccc3ccccc23)C[C@H]1C(=O)NC1CC1. The molecule has 4 rings (SSSR count). The smallest absolute Gasteiger partial charge is 0.408 e. The van der Waals surface area contributed by atoms with Gasteiger partial charge < -0.3 is 25.0 Å². The number of benzene rings is 1. The van der Waals surface area contributed by atoms with E-state index in [1.807, 2.05) is 36.4 Å². The second-order valence-corrected chi connectivity index (χ2v) is 16.5. The number of nitrogens with one attached hydrogen (secondary N) is 3. The number of carbonyl (C=O) groups is 4. The molecule has 1 aromatic carbocycles. The summed E-state index contributed by atoms with van der Waals surface area (Å²) >= 11 is 0. The maximum absolute atomic E-state index is 14.2. The number of likely N-dealkylation sites (tertiary alicyclic amines) is 1. The summed E-state index contributed by atoms with van der Waals surface area (Å²) in [5.41, 5.74) is -0.773. The van der Waals surface area contributed by atoms with Crippen molar-refractivity contribution >= 4 is 44.6 Å². The highest BCUT2D eigenvalue weighted by Crippen LogP contribution is 2.29. The summed E-state index contributed by atoms with van der Waals surface area (Å²) in [6.07, 6.45) is 8.99. The van der Waals surface area contributed by atoms with Crippen LogP contribution in [0.3, 0.4) is 0 Å². The molecule has 50 heavy (non-hydrogen) atoms. The molecule has 0 bridgehead atoms. The second kappa shape index (κ2) is 17.1. The summed E-state index contributed by atoms with van der Waals surface area (Å²) in [7, 11) is -3.66. The third-order valence-electron chi connectivity index (χ3n) is 8.39. The van der Waals surface area contributed by atoms with Gasteiger partial charge in [0, 0.05) is 30.5 Å². The highest BCUT2D eigenvalue weighted by atomic mass is 32.2. The largest absolute Gasteiger partial charge is 0.472 e. The van der Waals surface area contributed by atoms with Gasteiger partial charge in [-0.3, -0.25) is 19.1 Å². The van der Waals surface area contributed by atoms with Gasteiger partial charge in [0.05, 0.1) is 11.8 Å². The highest BCUT2D eigenvalue weighted by Gasteiger charge is 2.44. The standard InChI is InChI=1S/C36H51N5O8S/c1-24(2)50(46,47)40-31(42)17-11-9-7-6-8-10-16-29(39-35(45)49-36(3,4)5)34(44)41-23-27(22-30(41)32(43)38-26-18-19-26)48-33-28-15-13-12-14-25(28)20-21-37-33/h9,11-15,20-21,24,26-27,29-30H,6-8,10,16-19,22-23H2,1-5H3,(H,38,43)(H,39,45)(H,40,42)/b11-9-/t27-,29+,30+/m1/s1. The molecule has 0 radical (unpaired) electrons. The molecule has 3 N–H and O–H groups in total. The van der Waals surface area contributed by atoms with Crippen LogP contribution >= 0.6 is 0 Å². The Morgan fingerprint density at radius 3 is 2.48 bits per heavy atom. The Morgan fingerprint density at radius 2 is 1.78 bits per heavy atom. The summed E-state index contributed by atoms with van der Waals surface area (Å²) in [5.74, 6) is -0.777. The van der Waals surface area contributed by atoms with Crippen molar-refractivity contribution in [3.05, 3.63) is 48.7 Å². The van der Waals surface area contributed by atoms with Crippen molar-refractivity contribution < 1.29 is 37.1 Å². The minimum absolute atomic E-state index is 0.0467. The molecule has 1 aromatic heterocycles. The number of hydrogen-bond acceptors (Lipinski definition) is 9. The lowest BCUT2D eigenvalue weighted by atomic mass is 10.0. The number of amides is 4. The fourth-order valence-corrected chi connectivity index (χ4v) is 6.20. The quantitative estimate of drug-likeness (QED) is 0.167. The third-order valence-corrected chi connectivity index (χ3v) is 10.1. The van der Waals surface area contributed by atoms with Crippen molar-refractivity contribution in [2.45, 2.75) is 127 Å². The second-order valence-electron chi connectivity index (χ2n) is 14.2. The number of carbonyl (C=O) groups excluding carboxylic acids is 4. The van der Waals surface area contributed by atoms with E-state index in [9.17, 15) is 27.6 Å². The summed E-state index contributed by atoms with van der Waals surface area (Å²) < 4.78 is 37.6. The number of unbranched alkanes of at least 4 members (excludes halogenated alkanes) is 3. The summed E-state index contributed by atoms with van der Waals surface area (Å²) in [4.78, 5) is 58.4. The average molecular weight is 714 g/mol. The number of hydrogen-bond donors (Lipinski definition) is 3. The Kier molecular flexibility index (Phi) is 13.2. The first-order valence-electron chi connectivity index (χ1n) is 17.4. The van der Waals surface area contributed by atoms with Crippen LogP contribution in [-0.4, -0.2) is 83.7 Å². The molecule has 3 atom stereocenters. The van der Waals surface area contributed by atoms with E-state index >= 15 is 0 Å².